The molecule has 5 nitrogen and oxygen atoms in total. The fourth-order valence-electron chi connectivity index (χ4n) is 1.79. The molecule has 0 unspecified atom stereocenters. The van der Waals surface area contributed by atoms with Crippen molar-refractivity contribution in [2.45, 2.75) is 0 Å². The van der Waals surface area contributed by atoms with Crippen LogP contribution in [0.5, 0.6) is 5.75 Å². The lowest BCUT2D eigenvalue weighted by Gasteiger charge is -2.02. The van der Waals surface area contributed by atoms with Crippen LogP contribution in [0, 0.1) is 0 Å². The van der Waals surface area contributed by atoms with Crippen molar-refractivity contribution in [3.05, 3.63) is 65.7 Å². The fourth-order valence-corrected chi connectivity index (χ4v) is 1.79. The number of phenolic OH excluding ortho intramolecular Hbond substituents is 1. The molecule has 0 bridgehead atoms. The molecule has 2 N–H and O–H groups in total. The van der Waals surface area contributed by atoms with E-state index in [1.54, 1.807) is 42.5 Å². The van der Waals surface area contributed by atoms with Gasteiger partial charge in [0.05, 0.1) is 12.7 Å². The molecule has 112 valence electrons. The number of anilines is 1. The third kappa shape index (κ3) is 4.21. The highest BCUT2D eigenvalue weighted by Gasteiger charge is 2.03. The van der Waals surface area contributed by atoms with Gasteiger partial charge in [0.15, 0.2) is 0 Å². The summed E-state index contributed by atoms with van der Waals surface area (Å²) in [4.78, 5) is 23.1. The Labute approximate surface area is 127 Å². The lowest BCUT2D eigenvalue weighted by atomic mass is 10.1. The molecule has 0 aliphatic rings. The number of hydrogen-bond acceptors (Lipinski definition) is 4. The van der Waals surface area contributed by atoms with Crippen molar-refractivity contribution >= 4 is 23.6 Å². The number of rotatable bonds is 4. The van der Waals surface area contributed by atoms with Crippen molar-refractivity contribution in [3.8, 4) is 5.75 Å². The maximum Gasteiger partial charge on any atom is 0.337 e. The minimum Gasteiger partial charge on any atom is -0.508 e. The number of aromatic hydroxyl groups is 1. The number of esters is 1. The molecule has 2 aromatic carbocycles. The lowest BCUT2D eigenvalue weighted by Crippen LogP contribution is -2.07. The van der Waals surface area contributed by atoms with E-state index < -0.39 is 5.97 Å². The maximum absolute atomic E-state index is 11.8. The van der Waals surface area contributed by atoms with Gasteiger partial charge in [0.1, 0.15) is 5.75 Å². The number of benzene rings is 2. The number of nitrogens with one attached hydrogen (secondary N) is 1. The molecular weight excluding hydrogens is 282 g/mol. The van der Waals surface area contributed by atoms with Crippen molar-refractivity contribution in [2.24, 2.45) is 0 Å². The van der Waals surface area contributed by atoms with E-state index in [0.717, 1.165) is 5.56 Å². The van der Waals surface area contributed by atoms with Gasteiger partial charge in [0, 0.05) is 17.8 Å². The van der Waals surface area contributed by atoms with E-state index >= 15 is 0 Å². The first-order chi connectivity index (χ1) is 10.6. The molecule has 0 aliphatic heterocycles. The van der Waals surface area contributed by atoms with Crippen LogP contribution in [0.1, 0.15) is 15.9 Å². The molecule has 0 saturated carbocycles. The third-order valence-corrected chi connectivity index (χ3v) is 2.87. The smallest absolute Gasteiger partial charge is 0.337 e. The summed E-state index contributed by atoms with van der Waals surface area (Å²) in [7, 11) is 1.32. The van der Waals surface area contributed by atoms with Crippen LogP contribution in [-0.4, -0.2) is 24.1 Å². The van der Waals surface area contributed by atoms with Crippen LogP contribution >= 0.6 is 0 Å². The van der Waals surface area contributed by atoms with E-state index in [9.17, 15) is 14.7 Å². The number of phenols is 1. The molecule has 0 heterocycles. The normalized spacial score (nSPS) is 10.4. The van der Waals surface area contributed by atoms with Crippen LogP contribution in [-0.2, 0) is 9.53 Å². The van der Waals surface area contributed by atoms with Crippen molar-refractivity contribution in [2.75, 3.05) is 12.4 Å². The van der Waals surface area contributed by atoms with E-state index in [-0.39, 0.29) is 11.7 Å². The Kier molecular flexibility index (Phi) is 4.93. The molecule has 0 aliphatic carbocycles. The molecule has 0 fully saturated rings. The first-order valence-electron chi connectivity index (χ1n) is 6.55. The Morgan fingerprint density at radius 2 is 1.86 bits per heavy atom. The Morgan fingerprint density at radius 3 is 2.50 bits per heavy atom. The van der Waals surface area contributed by atoms with Crippen molar-refractivity contribution in [3.63, 3.8) is 0 Å². The van der Waals surface area contributed by atoms with Crippen molar-refractivity contribution < 1.29 is 19.4 Å². The number of carbonyl (C=O) groups is 2. The summed E-state index contributed by atoms with van der Waals surface area (Å²) in [6.07, 6.45) is 3.00. The zero-order chi connectivity index (χ0) is 15.9. The molecule has 5 heteroatoms. The second-order valence-corrected chi connectivity index (χ2v) is 4.49. The molecule has 2 aromatic rings. The highest BCUT2D eigenvalue weighted by Crippen LogP contribution is 2.15. The van der Waals surface area contributed by atoms with Gasteiger partial charge in [-0.3, -0.25) is 4.79 Å². The summed E-state index contributed by atoms with van der Waals surface area (Å²) in [5.74, 6) is -0.639. The Bertz CT molecular complexity index is 705. The zero-order valence-corrected chi connectivity index (χ0v) is 11.9. The highest BCUT2D eigenvalue weighted by atomic mass is 16.5. The Balaban J connectivity index is 1.99. The third-order valence-electron chi connectivity index (χ3n) is 2.87. The second-order valence-electron chi connectivity index (χ2n) is 4.49. The van der Waals surface area contributed by atoms with Gasteiger partial charge < -0.3 is 15.2 Å². The van der Waals surface area contributed by atoms with Gasteiger partial charge in [-0.2, -0.15) is 0 Å². The van der Waals surface area contributed by atoms with Gasteiger partial charge in [0.25, 0.3) is 0 Å². The largest absolute Gasteiger partial charge is 0.508 e. The van der Waals surface area contributed by atoms with Crippen molar-refractivity contribution in [1.29, 1.82) is 0 Å². The minimum atomic E-state index is -0.405. The van der Waals surface area contributed by atoms with Gasteiger partial charge in [-0.05, 0) is 35.9 Å². The number of methoxy groups -OCH3 is 1. The van der Waals surface area contributed by atoms with Gasteiger partial charge in [-0.1, -0.05) is 18.2 Å². The highest BCUT2D eigenvalue weighted by molar-refractivity contribution is 6.02. The standard InChI is InChI=1S/C17H15NO4/c1-22-17(21)13-8-5-12(6-9-13)7-10-16(20)18-14-3-2-4-15(19)11-14/h2-11,19H,1H3,(H,18,20)/b10-7+. The van der Waals surface area contributed by atoms with Crippen molar-refractivity contribution in [1.82, 2.24) is 0 Å². The maximum atomic E-state index is 11.8. The van der Waals surface area contributed by atoms with E-state index in [4.69, 9.17) is 0 Å². The molecule has 0 aromatic heterocycles. The topological polar surface area (TPSA) is 75.6 Å². The average molecular weight is 297 g/mol. The fraction of sp³-hybridized carbons (Fsp3) is 0.0588. The van der Waals surface area contributed by atoms with Gasteiger partial charge in [-0.25, -0.2) is 4.79 Å². The predicted molar refractivity (Wildman–Crippen MR) is 83.6 cm³/mol. The summed E-state index contributed by atoms with van der Waals surface area (Å²) in [5, 5.41) is 11.9. The summed E-state index contributed by atoms with van der Waals surface area (Å²) < 4.78 is 4.61. The first kappa shape index (κ1) is 15.3. The van der Waals surface area contributed by atoms with Gasteiger partial charge in [-0.15, -0.1) is 0 Å². The summed E-state index contributed by atoms with van der Waals surface area (Å²) in [5.41, 5.74) is 1.73. The summed E-state index contributed by atoms with van der Waals surface area (Å²) in [6.45, 7) is 0. The molecule has 0 atom stereocenters. The summed E-state index contributed by atoms with van der Waals surface area (Å²) >= 11 is 0. The number of carbonyl (C=O) groups excluding carboxylic acids is 2. The summed E-state index contributed by atoms with van der Waals surface area (Å²) in [6, 6.07) is 13.0. The van der Waals surface area contributed by atoms with E-state index in [1.807, 2.05) is 0 Å². The first-order valence-corrected chi connectivity index (χ1v) is 6.55. The SMILES string of the molecule is COC(=O)c1ccc(/C=C/C(=O)Nc2cccc(O)c2)cc1. The predicted octanol–water partition coefficient (Wildman–Crippen LogP) is 2.83. The molecule has 2 rings (SSSR count). The van der Waals surface area contributed by atoms with Crippen LogP contribution in [0.2, 0.25) is 0 Å². The number of amides is 1. The van der Waals surface area contributed by atoms with Gasteiger partial charge >= 0.3 is 5.97 Å². The Hall–Kier alpha value is -3.08. The quantitative estimate of drug-likeness (QED) is 0.672. The number of hydrogen-bond donors (Lipinski definition) is 2. The molecule has 22 heavy (non-hydrogen) atoms. The molecular formula is C17H15NO4. The van der Waals surface area contributed by atoms with Crippen LogP contribution in [0.4, 0.5) is 5.69 Å². The Morgan fingerprint density at radius 1 is 1.14 bits per heavy atom. The van der Waals surface area contributed by atoms with E-state index in [0.29, 0.717) is 11.3 Å². The van der Waals surface area contributed by atoms with E-state index in [1.165, 1.54) is 25.3 Å². The number of ether oxygens (including phenoxy) is 1. The van der Waals surface area contributed by atoms with Gasteiger partial charge in [0.2, 0.25) is 5.91 Å². The minimum absolute atomic E-state index is 0.0835. The second kappa shape index (κ2) is 7.08. The van der Waals surface area contributed by atoms with E-state index in [2.05, 4.69) is 10.1 Å². The average Bonchev–Trinajstić information content (AvgIpc) is 2.52. The van der Waals surface area contributed by atoms with Crippen LogP contribution < -0.4 is 5.32 Å². The molecule has 0 saturated heterocycles. The molecule has 1 amide bonds. The lowest BCUT2D eigenvalue weighted by molar-refractivity contribution is -0.111. The monoisotopic (exact) mass is 297 g/mol. The van der Waals surface area contributed by atoms with Crippen LogP contribution in [0.25, 0.3) is 6.08 Å². The molecule has 0 radical (unpaired) electrons. The molecule has 0 spiro atoms. The van der Waals surface area contributed by atoms with Crippen LogP contribution in [0.15, 0.2) is 54.6 Å². The zero-order valence-electron chi connectivity index (χ0n) is 11.9. The van der Waals surface area contributed by atoms with Crippen LogP contribution in [0.3, 0.4) is 0 Å².